The summed E-state index contributed by atoms with van der Waals surface area (Å²) in [6, 6.07) is 12.3. The molecule has 4 rings (SSSR count). The summed E-state index contributed by atoms with van der Waals surface area (Å²) in [5.41, 5.74) is 2.09. The van der Waals surface area contributed by atoms with E-state index >= 15 is 0 Å². The van der Waals surface area contributed by atoms with Crippen LogP contribution in [0.4, 0.5) is 5.00 Å². The lowest BCUT2D eigenvalue weighted by atomic mass is 10.1. The lowest BCUT2D eigenvalue weighted by Gasteiger charge is -2.34. The highest BCUT2D eigenvalue weighted by atomic mass is 32.1. The van der Waals surface area contributed by atoms with Gasteiger partial charge in [0, 0.05) is 37.6 Å². The van der Waals surface area contributed by atoms with Crippen molar-refractivity contribution in [1.29, 1.82) is 0 Å². The van der Waals surface area contributed by atoms with Gasteiger partial charge in [0.25, 0.3) is 11.8 Å². The van der Waals surface area contributed by atoms with Crippen molar-refractivity contribution in [1.82, 2.24) is 14.8 Å². The quantitative estimate of drug-likeness (QED) is 0.488. The maximum absolute atomic E-state index is 13.0. The predicted octanol–water partition coefficient (Wildman–Crippen LogP) is 3.11. The standard InChI is InChI=1S/C20H18N4O4S/c1-13-15(12-14-4-2-3-5-16(14)21-13)19(25)22-8-10-23(11-9-22)20(26)17-6-7-18(29-17)24(27)28/h2-7,12H,8-11H2,1H3. The smallest absolute Gasteiger partial charge is 0.324 e. The molecule has 0 radical (unpaired) electrons. The lowest BCUT2D eigenvalue weighted by Crippen LogP contribution is -2.50. The van der Waals surface area contributed by atoms with Crippen molar-refractivity contribution >= 4 is 39.1 Å². The number of amides is 2. The Morgan fingerprint density at radius 1 is 1.03 bits per heavy atom. The third-order valence-electron chi connectivity index (χ3n) is 4.98. The van der Waals surface area contributed by atoms with E-state index in [0.717, 1.165) is 22.2 Å². The molecule has 0 saturated carbocycles. The number of hydrogen-bond acceptors (Lipinski definition) is 6. The Balaban J connectivity index is 1.45. The molecule has 1 fully saturated rings. The first-order valence-electron chi connectivity index (χ1n) is 9.13. The maximum Gasteiger partial charge on any atom is 0.324 e. The number of pyridine rings is 1. The molecule has 0 N–H and O–H groups in total. The van der Waals surface area contributed by atoms with Gasteiger partial charge in [0.15, 0.2) is 0 Å². The molecule has 3 aromatic rings. The molecule has 1 saturated heterocycles. The maximum atomic E-state index is 13.0. The Kier molecular flexibility index (Phi) is 4.98. The van der Waals surface area contributed by atoms with Crippen LogP contribution in [0, 0.1) is 17.0 Å². The number of piperazine rings is 1. The Bertz CT molecular complexity index is 1120. The Morgan fingerprint density at radius 2 is 1.69 bits per heavy atom. The van der Waals surface area contributed by atoms with E-state index in [9.17, 15) is 19.7 Å². The molecule has 1 aliphatic rings. The topological polar surface area (TPSA) is 96.7 Å². The fraction of sp³-hybridized carbons (Fsp3) is 0.250. The number of carbonyl (C=O) groups is 2. The SMILES string of the molecule is Cc1nc2ccccc2cc1C(=O)N1CCN(C(=O)c2ccc([N+](=O)[O-])s2)CC1. The normalized spacial score (nSPS) is 14.2. The second kappa shape index (κ2) is 7.59. The average molecular weight is 410 g/mol. The van der Waals surface area contributed by atoms with Gasteiger partial charge in [-0.3, -0.25) is 24.7 Å². The first kappa shape index (κ1) is 19.0. The van der Waals surface area contributed by atoms with E-state index in [4.69, 9.17) is 0 Å². The molecule has 1 aliphatic heterocycles. The molecule has 0 spiro atoms. The summed E-state index contributed by atoms with van der Waals surface area (Å²) in [6.07, 6.45) is 0. The van der Waals surface area contributed by atoms with Gasteiger partial charge in [0.1, 0.15) is 0 Å². The number of rotatable bonds is 3. The van der Waals surface area contributed by atoms with Gasteiger partial charge in [0.2, 0.25) is 0 Å². The molecule has 0 bridgehead atoms. The van der Waals surface area contributed by atoms with E-state index in [1.54, 1.807) is 9.80 Å². The van der Waals surface area contributed by atoms with Crippen molar-refractivity contribution in [3.63, 3.8) is 0 Å². The van der Waals surface area contributed by atoms with Crippen molar-refractivity contribution in [2.75, 3.05) is 26.2 Å². The zero-order valence-electron chi connectivity index (χ0n) is 15.7. The van der Waals surface area contributed by atoms with Gasteiger partial charge in [-0.1, -0.05) is 29.5 Å². The monoisotopic (exact) mass is 410 g/mol. The van der Waals surface area contributed by atoms with E-state index in [2.05, 4.69) is 4.98 Å². The molecule has 0 unspecified atom stereocenters. The minimum Gasteiger partial charge on any atom is -0.335 e. The number of benzene rings is 1. The number of aryl methyl sites for hydroxylation is 1. The highest BCUT2D eigenvalue weighted by Gasteiger charge is 2.28. The summed E-state index contributed by atoms with van der Waals surface area (Å²) in [4.78, 5) is 44.1. The predicted molar refractivity (Wildman–Crippen MR) is 109 cm³/mol. The van der Waals surface area contributed by atoms with Gasteiger partial charge >= 0.3 is 5.00 Å². The van der Waals surface area contributed by atoms with Gasteiger partial charge in [0.05, 0.1) is 26.6 Å². The van der Waals surface area contributed by atoms with E-state index in [1.165, 1.54) is 12.1 Å². The molecule has 2 amide bonds. The molecule has 0 aliphatic carbocycles. The molecule has 8 nitrogen and oxygen atoms in total. The third kappa shape index (κ3) is 3.68. The molecule has 1 aromatic carbocycles. The van der Waals surface area contributed by atoms with Crippen LogP contribution in [0.3, 0.4) is 0 Å². The van der Waals surface area contributed by atoms with Crippen LogP contribution in [0.2, 0.25) is 0 Å². The minimum absolute atomic E-state index is 0.0542. The number of hydrogen-bond donors (Lipinski definition) is 0. The molecule has 9 heteroatoms. The van der Waals surface area contributed by atoms with Crippen LogP contribution >= 0.6 is 11.3 Å². The second-order valence-electron chi connectivity index (χ2n) is 6.79. The van der Waals surface area contributed by atoms with Crippen LogP contribution in [-0.2, 0) is 0 Å². The molecular weight excluding hydrogens is 392 g/mol. The molecule has 29 heavy (non-hydrogen) atoms. The number of para-hydroxylation sites is 1. The molecule has 0 atom stereocenters. The first-order chi connectivity index (χ1) is 13.9. The number of carbonyl (C=O) groups excluding carboxylic acids is 2. The number of thiophene rings is 1. The van der Waals surface area contributed by atoms with Gasteiger partial charge in [-0.15, -0.1) is 0 Å². The minimum atomic E-state index is -0.502. The Morgan fingerprint density at radius 3 is 2.34 bits per heavy atom. The summed E-state index contributed by atoms with van der Waals surface area (Å²) in [5, 5.41) is 11.7. The third-order valence-corrected chi connectivity index (χ3v) is 6.01. The highest BCUT2D eigenvalue weighted by molar-refractivity contribution is 7.17. The summed E-state index contributed by atoms with van der Waals surface area (Å²) in [5.74, 6) is -0.335. The number of nitro groups is 1. The van der Waals surface area contributed by atoms with Crippen molar-refractivity contribution in [3.8, 4) is 0 Å². The van der Waals surface area contributed by atoms with Crippen LogP contribution in [0.5, 0.6) is 0 Å². The summed E-state index contributed by atoms with van der Waals surface area (Å²) < 4.78 is 0. The largest absolute Gasteiger partial charge is 0.335 e. The fourth-order valence-corrected chi connectivity index (χ4v) is 4.20. The van der Waals surface area contributed by atoms with E-state index in [0.29, 0.717) is 42.3 Å². The van der Waals surface area contributed by atoms with E-state index < -0.39 is 4.92 Å². The average Bonchev–Trinajstić information content (AvgIpc) is 3.23. The Labute approximate surface area is 170 Å². The van der Waals surface area contributed by atoms with E-state index in [1.807, 2.05) is 37.3 Å². The van der Waals surface area contributed by atoms with Crippen molar-refractivity contribution in [2.45, 2.75) is 6.92 Å². The van der Waals surface area contributed by atoms with Crippen LogP contribution in [0.25, 0.3) is 10.9 Å². The van der Waals surface area contributed by atoms with Crippen LogP contribution < -0.4 is 0 Å². The fourth-order valence-electron chi connectivity index (χ4n) is 3.41. The van der Waals surface area contributed by atoms with Crippen LogP contribution in [0.15, 0.2) is 42.5 Å². The number of fused-ring (bicyclic) bond motifs is 1. The van der Waals surface area contributed by atoms with Crippen molar-refractivity contribution in [3.05, 3.63) is 68.7 Å². The van der Waals surface area contributed by atoms with Gasteiger partial charge in [-0.2, -0.15) is 0 Å². The summed E-state index contributed by atoms with van der Waals surface area (Å²) in [7, 11) is 0. The zero-order valence-corrected chi connectivity index (χ0v) is 16.5. The van der Waals surface area contributed by atoms with Crippen molar-refractivity contribution in [2.24, 2.45) is 0 Å². The highest BCUT2D eigenvalue weighted by Crippen LogP contribution is 2.25. The van der Waals surface area contributed by atoms with E-state index in [-0.39, 0.29) is 16.8 Å². The lowest BCUT2D eigenvalue weighted by molar-refractivity contribution is -0.380. The van der Waals surface area contributed by atoms with Gasteiger partial charge < -0.3 is 9.80 Å². The number of aromatic nitrogens is 1. The number of nitrogens with zero attached hydrogens (tertiary/aromatic N) is 4. The van der Waals surface area contributed by atoms with Crippen LogP contribution in [0.1, 0.15) is 25.7 Å². The van der Waals surface area contributed by atoms with Crippen molar-refractivity contribution < 1.29 is 14.5 Å². The second-order valence-corrected chi connectivity index (χ2v) is 7.86. The summed E-state index contributed by atoms with van der Waals surface area (Å²) >= 11 is 0.871. The molecule has 2 aromatic heterocycles. The first-order valence-corrected chi connectivity index (χ1v) is 9.95. The molecule has 3 heterocycles. The zero-order chi connectivity index (χ0) is 20.5. The van der Waals surface area contributed by atoms with Gasteiger partial charge in [-0.05, 0) is 25.1 Å². The van der Waals surface area contributed by atoms with Gasteiger partial charge in [-0.25, -0.2) is 0 Å². The Hall–Kier alpha value is -3.33. The molecular formula is C20H18N4O4S. The molecule has 148 valence electrons. The van der Waals surface area contributed by atoms with Crippen LogP contribution in [-0.4, -0.2) is 57.7 Å². The summed E-state index contributed by atoms with van der Waals surface area (Å²) in [6.45, 7) is 3.41.